The maximum Gasteiger partial charge on any atom is 0.254 e. The molecule has 0 bridgehead atoms. The number of aliphatic imine (C=N–C) groups is 1. The number of carbonyl (C=O) groups excluding carboxylic acids is 3. The molecule has 43 heavy (non-hydrogen) atoms. The van der Waals surface area contributed by atoms with Crippen LogP contribution in [0.2, 0.25) is 0 Å². The average molecular weight is 587 g/mol. The number of nitrogens with zero attached hydrogens (tertiary/aromatic N) is 3. The molecule has 0 radical (unpaired) electrons. The zero-order valence-electron chi connectivity index (χ0n) is 25.7. The molecule has 0 spiro atoms. The van der Waals surface area contributed by atoms with Crippen molar-refractivity contribution in [1.29, 1.82) is 0 Å². The lowest BCUT2D eigenvalue weighted by atomic mass is 9.93. The number of carbonyl (C=O) groups is 3. The number of ether oxygens (including phenoxy) is 2. The van der Waals surface area contributed by atoms with Crippen molar-refractivity contribution in [2.75, 3.05) is 51.0 Å². The third-order valence-electron chi connectivity index (χ3n) is 8.61. The highest BCUT2D eigenvalue weighted by Gasteiger charge is 2.29. The van der Waals surface area contributed by atoms with Gasteiger partial charge in [0.15, 0.2) is 0 Å². The molecule has 0 aliphatic carbocycles. The Morgan fingerprint density at radius 3 is 2.30 bits per heavy atom. The number of nitrogens with one attached hydrogen (secondary N) is 1. The maximum absolute atomic E-state index is 13.7. The van der Waals surface area contributed by atoms with E-state index in [0.29, 0.717) is 24.5 Å². The van der Waals surface area contributed by atoms with Crippen LogP contribution in [0, 0.1) is 12.8 Å². The van der Waals surface area contributed by atoms with Crippen LogP contribution in [-0.2, 0) is 25.6 Å². The summed E-state index contributed by atoms with van der Waals surface area (Å²) >= 11 is 0. The van der Waals surface area contributed by atoms with Gasteiger partial charge in [0, 0.05) is 69.3 Å². The molecule has 2 fully saturated rings. The molecular formula is C34H42N4O5. The molecule has 2 saturated heterocycles. The number of dihydropyridines is 1. The summed E-state index contributed by atoms with van der Waals surface area (Å²) in [6, 6.07) is 12.3. The maximum atomic E-state index is 13.7. The summed E-state index contributed by atoms with van der Waals surface area (Å²) in [6.45, 7) is 12.7. The molecule has 2 aromatic rings. The standard InChI is InChI=1S/C34H42N4O5/c1-22-17-23(2)36-34(41)31(22)20-35-33(40)30-18-28(27-7-5-26(6-8-27)21-37-11-15-43-16-12-37)19-32(24(30)3)38(25(4)39)29-9-13-42-14-10-29/h5-8,17-19,29,31H,9-16,20-21H2,1-4H3,(H,35,40). The van der Waals surface area contributed by atoms with Gasteiger partial charge in [0.1, 0.15) is 0 Å². The highest BCUT2D eigenvalue weighted by Crippen LogP contribution is 2.34. The van der Waals surface area contributed by atoms with Crippen LogP contribution in [0.1, 0.15) is 55.1 Å². The average Bonchev–Trinajstić information content (AvgIpc) is 2.99. The van der Waals surface area contributed by atoms with Crippen LogP contribution >= 0.6 is 0 Å². The molecule has 9 nitrogen and oxygen atoms in total. The Balaban J connectivity index is 1.47. The lowest BCUT2D eigenvalue weighted by Gasteiger charge is -2.35. The minimum Gasteiger partial charge on any atom is -0.381 e. The van der Waals surface area contributed by atoms with Crippen molar-refractivity contribution in [2.45, 2.75) is 53.1 Å². The lowest BCUT2D eigenvalue weighted by molar-refractivity contribution is -0.120. The summed E-state index contributed by atoms with van der Waals surface area (Å²) in [6.07, 6.45) is 3.34. The Bertz CT molecular complexity index is 1420. The molecule has 5 rings (SSSR count). The zero-order chi connectivity index (χ0) is 30.5. The van der Waals surface area contributed by atoms with Gasteiger partial charge in [-0.3, -0.25) is 19.3 Å². The second-order valence-corrected chi connectivity index (χ2v) is 11.7. The van der Waals surface area contributed by atoms with Crippen LogP contribution in [0.25, 0.3) is 11.1 Å². The fraction of sp³-hybridized carbons (Fsp3) is 0.471. The van der Waals surface area contributed by atoms with Gasteiger partial charge in [-0.05, 0) is 74.1 Å². The van der Waals surface area contributed by atoms with E-state index in [1.807, 2.05) is 37.0 Å². The molecular weight excluding hydrogens is 544 g/mol. The van der Waals surface area contributed by atoms with Gasteiger partial charge in [-0.1, -0.05) is 29.8 Å². The Hall–Kier alpha value is -3.66. The smallest absolute Gasteiger partial charge is 0.254 e. The lowest BCUT2D eigenvalue weighted by Crippen LogP contribution is -2.43. The fourth-order valence-electron chi connectivity index (χ4n) is 6.19. The first kappa shape index (κ1) is 30.8. The number of hydrogen-bond acceptors (Lipinski definition) is 6. The monoisotopic (exact) mass is 586 g/mol. The number of rotatable bonds is 8. The molecule has 3 aliphatic rings. The van der Waals surface area contributed by atoms with Crippen molar-refractivity contribution in [3.8, 4) is 11.1 Å². The first-order chi connectivity index (χ1) is 20.7. The molecule has 3 aliphatic heterocycles. The Morgan fingerprint density at radius 2 is 1.65 bits per heavy atom. The molecule has 1 atom stereocenters. The van der Waals surface area contributed by atoms with E-state index in [-0.39, 0.29) is 30.3 Å². The first-order valence-corrected chi connectivity index (χ1v) is 15.2. The Morgan fingerprint density at radius 1 is 0.977 bits per heavy atom. The first-order valence-electron chi connectivity index (χ1n) is 15.2. The molecule has 3 amide bonds. The van der Waals surface area contributed by atoms with Gasteiger partial charge in [-0.25, -0.2) is 4.99 Å². The van der Waals surface area contributed by atoms with Gasteiger partial charge in [0.05, 0.1) is 19.1 Å². The SMILES string of the molecule is CC(=O)N(c1cc(-c2ccc(CN3CCOCC3)cc2)cc(C(=O)NCC2C(=O)N=C(C)C=C2C)c1C)C1CCOCC1. The van der Waals surface area contributed by atoms with Crippen molar-refractivity contribution in [2.24, 2.45) is 10.9 Å². The van der Waals surface area contributed by atoms with E-state index in [0.717, 1.165) is 73.6 Å². The topological polar surface area (TPSA) is 101 Å². The summed E-state index contributed by atoms with van der Waals surface area (Å²) in [7, 11) is 0. The predicted octanol–water partition coefficient (Wildman–Crippen LogP) is 4.32. The van der Waals surface area contributed by atoms with Crippen molar-refractivity contribution in [1.82, 2.24) is 10.2 Å². The molecule has 3 heterocycles. The van der Waals surface area contributed by atoms with Gasteiger partial charge in [0.25, 0.3) is 11.8 Å². The highest BCUT2D eigenvalue weighted by molar-refractivity contribution is 6.06. The van der Waals surface area contributed by atoms with Crippen molar-refractivity contribution in [3.05, 3.63) is 64.7 Å². The molecule has 228 valence electrons. The largest absolute Gasteiger partial charge is 0.381 e. The van der Waals surface area contributed by atoms with Gasteiger partial charge in [-0.15, -0.1) is 0 Å². The number of hydrogen-bond donors (Lipinski definition) is 1. The van der Waals surface area contributed by atoms with E-state index in [1.165, 1.54) is 5.56 Å². The van der Waals surface area contributed by atoms with Gasteiger partial charge < -0.3 is 19.7 Å². The van der Waals surface area contributed by atoms with Crippen LogP contribution in [-0.4, -0.2) is 80.4 Å². The normalized spacial score (nSPS) is 19.9. The van der Waals surface area contributed by atoms with Gasteiger partial charge in [0.2, 0.25) is 5.91 Å². The highest BCUT2D eigenvalue weighted by atomic mass is 16.5. The Kier molecular flexibility index (Phi) is 9.85. The number of morpholine rings is 1. The van der Waals surface area contributed by atoms with Crippen LogP contribution in [0.4, 0.5) is 5.69 Å². The second kappa shape index (κ2) is 13.8. The van der Waals surface area contributed by atoms with E-state index in [1.54, 1.807) is 13.8 Å². The molecule has 1 unspecified atom stereocenters. The quantitative estimate of drug-likeness (QED) is 0.495. The van der Waals surface area contributed by atoms with E-state index in [4.69, 9.17) is 9.47 Å². The van der Waals surface area contributed by atoms with E-state index >= 15 is 0 Å². The number of allylic oxidation sites excluding steroid dienone is 1. The fourth-order valence-corrected chi connectivity index (χ4v) is 6.19. The summed E-state index contributed by atoms with van der Waals surface area (Å²) in [5, 5.41) is 2.98. The molecule has 0 saturated carbocycles. The van der Waals surface area contributed by atoms with Crippen LogP contribution in [0.15, 0.2) is 53.0 Å². The van der Waals surface area contributed by atoms with Crippen LogP contribution in [0.3, 0.4) is 0 Å². The third-order valence-corrected chi connectivity index (χ3v) is 8.61. The van der Waals surface area contributed by atoms with E-state index in [9.17, 15) is 14.4 Å². The third kappa shape index (κ3) is 7.29. The van der Waals surface area contributed by atoms with Crippen LogP contribution < -0.4 is 10.2 Å². The summed E-state index contributed by atoms with van der Waals surface area (Å²) < 4.78 is 11.1. The number of amides is 3. The molecule has 2 aromatic carbocycles. The molecule has 0 aromatic heterocycles. The van der Waals surface area contributed by atoms with Crippen molar-refractivity contribution < 1.29 is 23.9 Å². The minimum atomic E-state index is -0.495. The van der Waals surface area contributed by atoms with E-state index < -0.39 is 5.92 Å². The summed E-state index contributed by atoms with van der Waals surface area (Å²) in [5.74, 6) is -1.10. The van der Waals surface area contributed by atoms with Crippen LogP contribution in [0.5, 0.6) is 0 Å². The number of benzene rings is 2. The summed E-state index contributed by atoms with van der Waals surface area (Å²) in [4.78, 5) is 47.7. The molecule has 1 N–H and O–H groups in total. The van der Waals surface area contributed by atoms with Crippen molar-refractivity contribution >= 4 is 29.1 Å². The Labute approximate surface area is 253 Å². The van der Waals surface area contributed by atoms with Crippen molar-refractivity contribution in [3.63, 3.8) is 0 Å². The summed E-state index contributed by atoms with van der Waals surface area (Å²) in [5.41, 5.74) is 6.51. The number of anilines is 1. The minimum absolute atomic E-state index is 0.0132. The second-order valence-electron chi connectivity index (χ2n) is 11.7. The van der Waals surface area contributed by atoms with E-state index in [2.05, 4.69) is 39.5 Å². The predicted molar refractivity (Wildman–Crippen MR) is 167 cm³/mol. The van der Waals surface area contributed by atoms with Gasteiger partial charge >= 0.3 is 0 Å². The zero-order valence-corrected chi connectivity index (χ0v) is 25.7. The van der Waals surface area contributed by atoms with Gasteiger partial charge in [-0.2, -0.15) is 0 Å². The molecule has 9 heteroatoms.